The fraction of sp³-hybridized carbons (Fsp3) is 0.600. The van der Waals surface area contributed by atoms with Crippen LogP contribution in [-0.2, 0) is 19.8 Å². The molecule has 8 nitrogen and oxygen atoms in total. The van der Waals surface area contributed by atoms with Crippen LogP contribution in [0.2, 0.25) is 0 Å². The number of rotatable bonds is 1. The molecule has 2 aliphatic heterocycles. The molecule has 1 aliphatic carbocycles. The van der Waals surface area contributed by atoms with Crippen LogP contribution in [0, 0.1) is 0 Å². The fourth-order valence-electron chi connectivity index (χ4n) is 4.19. The molecule has 2 saturated heterocycles. The van der Waals surface area contributed by atoms with Gasteiger partial charge in [-0.3, -0.25) is 0 Å². The zero-order valence-corrected chi connectivity index (χ0v) is 13.1. The highest BCUT2D eigenvalue weighted by atomic mass is 16.8. The lowest BCUT2D eigenvalue weighted by Gasteiger charge is -2.32. The molecule has 2 aromatic heterocycles. The first kappa shape index (κ1) is 13.7. The van der Waals surface area contributed by atoms with Crippen molar-refractivity contribution in [2.45, 2.75) is 56.1 Å². The third-order valence-electron chi connectivity index (χ3n) is 5.18. The number of fused-ring (bicyclic) bond motifs is 1. The Hall–Kier alpha value is -1.74. The Balaban J connectivity index is 1.67. The van der Waals surface area contributed by atoms with E-state index in [4.69, 9.17) is 19.9 Å². The second-order valence-corrected chi connectivity index (χ2v) is 7.10. The molecule has 1 unspecified atom stereocenters. The van der Waals surface area contributed by atoms with E-state index in [1.54, 1.807) is 4.52 Å². The van der Waals surface area contributed by atoms with Gasteiger partial charge in [-0.2, -0.15) is 5.10 Å². The number of hydrogen-bond donors (Lipinski definition) is 2. The van der Waals surface area contributed by atoms with E-state index in [1.165, 1.54) is 6.33 Å². The highest BCUT2D eigenvalue weighted by Gasteiger charge is 2.86. The number of aliphatic hydroxyl groups excluding tert-OH is 1. The van der Waals surface area contributed by atoms with Crippen LogP contribution in [0.3, 0.4) is 0 Å². The van der Waals surface area contributed by atoms with Gasteiger partial charge in [0.25, 0.3) is 0 Å². The van der Waals surface area contributed by atoms with Crippen LogP contribution in [0.25, 0.3) is 5.52 Å². The van der Waals surface area contributed by atoms with Crippen LogP contribution in [0.15, 0.2) is 18.5 Å². The number of hydrogen-bond acceptors (Lipinski definition) is 7. The molecule has 1 saturated carbocycles. The highest BCUT2D eigenvalue weighted by Crippen LogP contribution is 2.66. The van der Waals surface area contributed by atoms with E-state index >= 15 is 0 Å². The third-order valence-corrected chi connectivity index (χ3v) is 5.18. The minimum absolute atomic E-state index is 0.399. The molecule has 1 spiro atoms. The van der Waals surface area contributed by atoms with Gasteiger partial charge in [-0.05, 0) is 32.9 Å². The van der Waals surface area contributed by atoms with Gasteiger partial charge < -0.3 is 25.1 Å². The lowest BCUT2D eigenvalue weighted by atomic mass is 9.91. The topological polar surface area (TPSA) is 104 Å². The summed E-state index contributed by atoms with van der Waals surface area (Å²) in [6.07, 6.45) is -0.0950. The molecule has 3 N–H and O–H groups in total. The van der Waals surface area contributed by atoms with E-state index in [2.05, 4.69) is 10.1 Å². The summed E-state index contributed by atoms with van der Waals surface area (Å²) < 4.78 is 20.0. The summed E-state index contributed by atoms with van der Waals surface area (Å²) in [7, 11) is 0. The number of nitrogens with two attached hydrogens (primary N) is 1. The minimum atomic E-state index is -0.805. The molecule has 5 atom stereocenters. The van der Waals surface area contributed by atoms with Crippen molar-refractivity contribution in [2.24, 2.45) is 0 Å². The number of anilines is 1. The monoisotopic (exact) mass is 318 g/mol. The Morgan fingerprint density at radius 3 is 2.83 bits per heavy atom. The molecule has 2 aromatic rings. The maximum atomic E-state index is 10.2. The molecule has 8 heteroatoms. The maximum Gasteiger partial charge on any atom is 0.164 e. The normalized spacial score (nSPS) is 43.6. The fourth-order valence-corrected chi connectivity index (χ4v) is 4.19. The molecule has 0 bridgehead atoms. The predicted octanol–water partition coefficient (Wildman–Crippen LogP) is 0.190. The second kappa shape index (κ2) is 3.67. The molecule has 4 heterocycles. The first-order valence-corrected chi connectivity index (χ1v) is 7.62. The van der Waals surface area contributed by atoms with Crippen molar-refractivity contribution in [2.75, 3.05) is 5.73 Å². The summed E-state index contributed by atoms with van der Waals surface area (Å²) in [4.78, 5) is 4.00. The van der Waals surface area contributed by atoms with Crippen molar-refractivity contribution in [1.29, 1.82) is 0 Å². The lowest BCUT2D eigenvalue weighted by Crippen LogP contribution is -2.44. The average molecular weight is 318 g/mol. The summed E-state index contributed by atoms with van der Waals surface area (Å²) >= 11 is 0. The molecule has 5 rings (SSSR count). The first-order valence-electron chi connectivity index (χ1n) is 7.62. The number of nitrogen functional groups attached to an aromatic ring is 1. The molecular formula is C15H18N4O4. The lowest BCUT2D eigenvalue weighted by molar-refractivity contribution is -0.196. The van der Waals surface area contributed by atoms with Gasteiger partial charge in [0.15, 0.2) is 17.2 Å². The average Bonchev–Trinajstić information content (AvgIpc) is 2.89. The van der Waals surface area contributed by atoms with Crippen molar-refractivity contribution in [3.8, 4) is 0 Å². The Labute approximate surface area is 132 Å². The summed E-state index contributed by atoms with van der Waals surface area (Å²) in [5.41, 5.74) is 5.81. The standard InChI is InChI=1S/C15H18N4O4/c1-13(2)22-12-14(3,21-10-9(20)15(10,12)23-13)8-5-4-7-11(16)17-6-18-19(7)8/h4-6,9-10,12,20H,1-3H3,(H2,16,17,18)/t9?,10-,12+,14+,15-/m1/s1. The van der Waals surface area contributed by atoms with E-state index < -0.39 is 35.3 Å². The SMILES string of the molecule is CC1(C)O[C@@H]2[C@@]3(O1)C(O)[C@H]3O[C@@]2(C)c1ccc2c(N)ncnn12. The zero-order chi connectivity index (χ0) is 16.2. The number of aliphatic hydroxyl groups is 1. The molecule has 0 radical (unpaired) electrons. The second-order valence-electron chi connectivity index (χ2n) is 7.10. The van der Waals surface area contributed by atoms with Crippen molar-refractivity contribution < 1.29 is 19.3 Å². The number of aromatic nitrogens is 3. The summed E-state index contributed by atoms with van der Waals surface area (Å²) in [6.45, 7) is 5.63. The van der Waals surface area contributed by atoms with Crippen molar-refractivity contribution >= 4 is 11.3 Å². The van der Waals surface area contributed by atoms with Gasteiger partial charge in [0, 0.05) is 0 Å². The Kier molecular flexibility index (Phi) is 2.18. The van der Waals surface area contributed by atoms with Gasteiger partial charge in [0.2, 0.25) is 0 Å². The highest BCUT2D eigenvalue weighted by molar-refractivity contribution is 5.65. The van der Waals surface area contributed by atoms with Crippen LogP contribution in [0.4, 0.5) is 5.82 Å². The van der Waals surface area contributed by atoms with E-state index in [0.717, 1.165) is 5.69 Å². The quantitative estimate of drug-likeness (QED) is 0.773. The van der Waals surface area contributed by atoms with Crippen molar-refractivity contribution in [1.82, 2.24) is 14.6 Å². The summed E-state index contributed by atoms with van der Waals surface area (Å²) in [6, 6.07) is 3.76. The summed E-state index contributed by atoms with van der Waals surface area (Å²) in [5.74, 6) is -0.372. The van der Waals surface area contributed by atoms with Crippen LogP contribution in [0.1, 0.15) is 26.5 Å². The smallest absolute Gasteiger partial charge is 0.164 e. The predicted molar refractivity (Wildman–Crippen MR) is 78.4 cm³/mol. The molecule has 3 fully saturated rings. The van der Waals surface area contributed by atoms with E-state index in [9.17, 15) is 5.11 Å². The summed E-state index contributed by atoms with van der Waals surface area (Å²) in [5, 5.41) is 14.5. The van der Waals surface area contributed by atoms with Crippen LogP contribution < -0.4 is 5.73 Å². The largest absolute Gasteiger partial charge is 0.387 e. The molecule has 0 aromatic carbocycles. The zero-order valence-electron chi connectivity index (χ0n) is 13.1. The Morgan fingerprint density at radius 2 is 2.04 bits per heavy atom. The van der Waals surface area contributed by atoms with Gasteiger partial charge in [0.05, 0.1) is 5.69 Å². The van der Waals surface area contributed by atoms with E-state index in [1.807, 2.05) is 32.9 Å². The molecular weight excluding hydrogens is 300 g/mol. The Morgan fingerprint density at radius 1 is 1.26 bits per heavy atom. The number of ether oxygens (including phenoxy) is 3. The van der Waals surface area contributed by atoms with Crippen molar-refractivity contribution in [3.05, 3.63) is 24.2 Å². The molecule has 23 heavy (non-hydrogen) atoms. The van der Waals surface area contributed by atoms with Gasteiger partial charge >= 0.3 is 0 Å². The Bertz CT molecular complexity index is 836. The van der Waals surface area contributed by atoms with Gasteiger partial charge in [-0.25, -0.2) is 9.50 Å². The number of nitrogens with zero attached hydrogens (tertiary/aromatic N) is 3. The first-order chi connectivity index (χ1) is 10.8. The van der Waals surface area contributed by atoms with Crippen LogP contribution >= 0.6 is 0 Å². The van der Waals surface area contributed by atoms with Gasteiger partial charge in [-0.15, -0.1) is 0 Å². The third kappa shape index (κ3) is 1.41. The van der Waals surface area contributed by atoms with Gasteiger partial charge in [0.1, 0.15) is 35.8 Å². The van der Waals surface area contributed by atoms with Crippen LogP contribution in [-0.4, -0.2) is 49.4 Å². The van der Waals surface area contributed by atoms with Crippen LogP contribution in [0.5, 0.6) is 0 Å². The molecule has 3 aliphatic rings. The van der Waals surface area contributed by atoms with Gasteiger partial charge in [-0.1, -0.05) is 0 Å². The molecule has 122 valence electrons. The minimum Gasteiger partial charge on any atom is -0.387 e. The molecule has 0 amide bonds. The van der Waals surface area contributed by atoms with E-state index in [0.29, 0.717) is 11.3 Å². The maximum absolute atomic E-state index is 10.2. The van der Waals surface area contributed by atoms with E-state index in [-0.39, 0.29) is 0 Å². The van der Waals surface area contributed by atoms with Crippen molar-refractivity contribution in [3.63, 3.8) is 0 Å².